The second-order valence-corrected chi connectivity index (χ2v) is 6.73. The van der Waals surface area contributed by atoms with E-state index in [0.717, 1.165) is 18.8 Å². The zero-order valence-electron chi connectivity index (χ0n) is 15.1. The Balaban J connectivity index is 2.15. The van der Waals surface area contributed by atoms with Crippen molar-refractivity contribution >= 4 is 17.7 Å². The number of morpholine rings is 1. The molecular formula is C17H25N3O5. The summed E-state index contributed by atoms with van der Waals surface area (Å²) >= 11 is 0. The van der Waals surface area contributed by atoms with Crippen molar-refractivity contribution in [3.05, 3.63) is 23.5 Å². The van der Waals surface area contributed by atoms with Crippen LogP contribution in [0.5, 0.6) is 0 Å². The summed E-state index contributed by atoms with van der Waals surface area (Å²) < 4.78 is 15.3. The second kappa shape index (κ2) is 8.26. The highest BCUT2D eigenvalue weighted by Crippen LogP contribution is 2.19. The Morgan fingerprint density at radius 3 is 2.60 bits per heavy atom. The van der Waals surface area contributed by atoms with E-state index in [1.165, 1.54) is 13.3 Å². The SMILES string of the molecule is COC(=O)c1cc(CN2CCOCC2)ncc1NC(=O)OC(C)(C)C. The zero-order valence-corrected chi connectivity index (χ0v) is 15.1. The lowest BCUT2D eigenvalue weighted by atomic mass is 10.1. The maximum atomic E-state index is 12.1. The summed E-state index contributed by atoms with van der Waals surface area (Å²) in [6.07, 6.45) is 0.798. The van der Waals surface area contributed by atoms with E-state index in [1.807, 2.05) is 0 Å². The number of aromatic nitrogens is 1. The van der Waals surface area contributed by atoms with Crippen LogP contribution in [0.25, 0.3) is 0 Å². The van der Waals surface area contributed by atoms with Gasteiger partial charge in [-0.2, -0.15) is 0 Å². The molecule has 0 atom stereocenters. The van der Waals surface area contributed by atoms with Crippen LogP contribution in [0.15, 0.2) is 12.3 Å². The minimum Gasteiger partial charge on any atom is -0.465 e. The standard InChI is InChI=1S/C17H25N3O5/c1-17(2,3)25-16(22)19-14-10-18-12(9-13(14)15(21)23-4)11-20-5-7-24-8-6-20/h9-10H,5-8,11H2,1-4H3,(H,19,22). The van der Waals surface area contributed by atoms with Gasteiger partial charge < -0.3 is 14.2 Å². The normalized spacial score (nSPS) is 15.5. The number of carbonyl (C=O) groups excluding carboxylic acids is 2. The molecule has 0 aliphatic carbocycles. The number of anilines is 1. The molecule has 0 bridgehead atoms. The van der Waals surface area contributed by atoms with Crippen molar-refractivity contribution in [3.63, 3.8) is 0 Å². The number of esters is 1. The number of rotatable bonds is 4. The third-order valence-corrected chi connectivity index (χ3v) is 3.49. The molecule has 1 fully saturated rings. The second-order valence-electron chi connectivity index (χ2n) is 6.73. The summed E-state index contributed by atoms with van der Waals surface area (Å²) in [6.45, 7) is 8.87. The largest absolute Gasteiger partial charge is 0.465 e. The topological polar surface area (TPSA) is 90.0 Å². The van der Waals surface area contributed by atoms with Crippen LogP contribution < -0.4 is 5.32 Å². The fourth-order valence-electron chi connectivity index (χ4n) is 2.37. The van der Waals surface area contributed by atoms with Gasteiger partial charge in [0.2, 0.25) is 0 Å². The van der Waals surface area contributed by atoms with Gasteiger partial charge in [0, 0.05) is 19.6 Å². The average molecular weight is 351 g/mol. The maximum absolute atomic E-state index is 12.1. The maximum Gasteiger partial charge on any atom is 0.412 e. The van der Waals surface area contributed by atoms with Gasteiger partial charge >= 0.3 is 12.1 Å². The van der Waals surface area contributed by atoms with Crippen LogP contribution in [0.2, 0.25) is 0 Å². The number of ether oxygens (including phenoxy) is 3. The summed E-state index contributed by atoms with van der Waals surface area (Å²) in [7, 11) is 1.29. The molecular weight excluding hydrogens is 326 g/mol. The lowest BCUT2D eigenvalue weighted by Gasteiger charge is -2.26. The van der Waals surface area contributed by atoms with E-state index in [4.69, 9.17) is 14.2 Å². The van der Waals surface area contributed by atoms with E-state index in [2.05, 4.69) is 15.2 Å². The van der Waals surface area contributed by atoms with Gasteiger partial charge in [0.05, 0.1) is 43.5 Å². The van der Waals surface area contributed by atoms with E-state index in [0.29, 0.717) is 19.8 Å². The third-order valence-electron chi connectivity index (χ3n) is 3.49. The Morgan fingerprint density at radius 2 is 2.00 bits per heavy atom. The molecule has 1 aromatic heterocycles. The van der Waals surface area contributed by atoms with Crippen LogP contribution in [-0.4, -0.2) is 61.0 Å². The van der Waals surface area contributed by atoms with Crippen LogP contribution in [0.4, 0.5) is 10.5 Å². The van der Waals surface area contributed by atoms with Crippen LogP contribution in [0.3, 0.4) is 0 Å². The van der Waals surface area contributed by atoms with Gasteiger partial charge in [-0.25, -0.2) is 9.59 Å². The highest BCUT2D eigenvalue weighted by Gasteiger charge is 2.21. The highest BCUT2D eigenvalue weighted by atomic mass is 16.6. The van der Waals surface area contributed by atoms with Crippen molar-refractivity contribution < 1.29 is 23.8 Å². The molecule has 25 heavy (non-hydrogen) atoms. The van der Waals surface area contributed by atoms with Crippen molar-refractivity contribution in [2.24, 2.45) is 0 Å². The molecule has 0 radical (unpaired) electrons. The fraction of sp³-hybridized carbons (Fsp3) is 0.588. The molecule has 8 nitrogen and oxygen atoms in total. The first kappa shape index (κ1) is 19.1. The molecule has 138 valence electrons. The molecule has 8 heteroatoms. The number of nitrogens with zero attached hydrogens (tertiary/aromatic N) is 2. The first-order valence-electron chi connectivity index (χ1n) is 8.16. The monoisotopic (exact) mass is 351 g/mol. The van der Waals surface area contributed by atoms with E-state index in [1.54, 1.807) is 26.8 Å². The van der Waals surface area contributed by atoms with E-state index in [-0.39, 0.29) is 11.3 Å². The van der Waals surface area contributed by atoms with Crippen LogP contribution in [0.1, 0.15) is 36.8 Å². The molecule has 1 N–H and O–H groups in total. The fourth-order valence-corrected chi connectivity index (χ4v) is 2.37. The molecule has 0 saturated carbocycles. The predicted octanol–water partition coefficient (Wildman–Crippen LogP) is 2.05. The Morgan fingerprint density at radius 1 is 1.32 bits per heavy atom. The number of amides is 1. The van der Waals surface area contributed by atoms with Gasteiger partial charge in [-0.05, 0) is 26.8 Å². The number of carbonyl (C=O) groups is 2. The summed E-state index contributed by atoms with van der Waals surface area (Å²) in [4.78, 5) is 30.6. The molecule has 1 aliphatic rings. The number of hydrogen-bond acceptors (Lipinski definition) is 7. The minimum atomic E-state index is -0.652. The Hall–Kier alpha value is -2.19. The molecule has 0 unspecified atom stereocenters. The number of hydrogen-bond donors (Lipinski definition) is 1. The highest BCUT2D eigenvalue weighted by molar-refractivity contribution is 5.99. The first-order chi connectivity index (χ1) is 11.8. The third kappa shape index (κ3) is 5.99. The number of methoxy groups -OCH3 is 1. The summed E-state index contributed by atoms with van der Waals surface area (Å²) in [6, 6.07) is 1.63. The van der Waals surface area contributed by atoms with E-state index >= 15 is 0 Å². The lowest BCUT2D eigenvalue weighted by Crippen LogP contribution is -2.36. The van der Waals surface area contributed by atoms with Crippen LogP contribution in [-0.2, 0) is 20.8 Å². The van der Waals surface area contributed by atoms with E-state index < -0.39 is 17.7 Å². The smallest absolute Gasteiger partial charge is 0.412 e. The van der Waals surface area contributed by atoms with Crippen LogP contribution in [0, 0.1) is 0 Å². The summed E-state index contributed by atoms with van der Waals surface area (Å²) in [5.74, 6) is -0.545. The molecule has 1 amide bonds. The Bertz CT molecular complexity index is 621. The van der Waals surface area contributed by atoms with E-state index in [9.17, 15) is 9.59 Å². The first-order valence-corrected chi connectivity index (χ1v) is 8.16. The molecule has 2 rings (SSSR count). The van der Waals surface area contributed by atoms with Gasteiger partial charge in [0.25, 0.3) is 0 Å². The van der Waals surface area contributed by atoms with Crippen molar-refractivity contribution in [3.8, 4) is 0 Å². The van der Waals surface area contributed by atoms with Gasteiger partial charge in [0.1, 0.15) is 5.60 Å². The van der Waals surface area contributed by atoms with Gasteiger partial charge in [-0.15, -0.1) is 0 Å². The average Bonchev–Trinajstić information content (AvgIpc) is 2.54. The van der Waals surface area contributed by atoms with Crippen molar-refractivity contribution in [1.29, 1.82) is 0 Å². The van der Waals surface area contributed by atoms with Crippen molar-refractivity contribution in [2.75, 3.05) is 38.7 Å². The quantitative estimate of drug-likeness (QED) is 0.830. The molecule has 1 aliphatic heterocycles. The number of nitrogens with one attached hydrogen (secondary N) is 1. The van der Waals surface area contributed by atoms with Gasteiger partial charge in [0.15, 0.2) is 0 Å². The molecule has 2 heterocycles. The number of pyridine rings is 1. The predicted molar refractivity (Wildman–Crippen MR) is 91.5 cm³/mol. The molecule has 0 aromatic carbocycles. The van der Waals surface area contributed by atoms with Gasteiger partial charge in [-0.3, -0.25) is 15.2 Å². The Kier molecular flexibility index (Phi) is 6.33. The summed E-state index contributed by atoms with van der Waals surface area (Å²) in [5.41, 5.74) is 0.578. The molecule has 1 aromatic rings. The van der Waals surface area contributed by atoms with Crippen molar-refractivity contribution in [2.45, 2.75) is 32.9 Å². The van der Waals surface area contributed by atoms with Gasteiger partial charge in [-0.1, -0.05) is 0 Å². The summed E-state index contributed by atoms with van der Waals surface area (Å²) in [5, 5.41) is 2.56. The molecule has 0 spiro atoms. The Labute approximate surface area is 147 Å². The van der Waals surface area contributed by atoms with Crippen molar-refractivity contribution in [1.82, 2.24) is 9.88 Å². The lowest BCUT2D eigenvalue weighted by molar-refractivity contribution is 0.0336. The zero-order chi connectivity index (χ0) is 18.4. The minimum absolute atomic E-state index is 0.242. The van der Waals surface area contributed by atoms with Crippen LogP contribution >= 0.6 is 0 Å². The molecule has 1 saturated heterocycles.